The summed E-state index contributed by atoms with van der Waals surface area (Å²) in [6.45, 7) is 17.4. The fourth-order valence-corrected chi connectivity index (χ4v) is 4.79. The van der Waals surface area contributed by atoms with Crippen LogP contribution in [0.25, 0.3) is 5.57 Å². The van der Waals surface area contributed by atoms with E-state index in [1.807, 2.05) is 4.48 Å². The number of aryl methyl sites for hydroxylation is 2. The average Bonchev–Trinajstić information content (AvgIpc) is 3.04. The Morgan fingerprint density at radius 3 is 2.04 bits per heavy atom. The van der Waals surface area contributed by atoms with Gasteiger partial charge in [0.25, 0.3) is 0 Å². The normalized spacial score (nSPS) is 16.1. The number of rotatable bonds is 4. The standard InChI is InChI=1S/C25H31BN2/c1-9-20-16(5)24(27-18(20)7)23(22-14(3)12-11-13-15(22)4)25-17(6)21(10-2)19(8)28(25)26/h11-13H,9-10H2,1-8H3/b24-23-. The van der Waals surface area contributed by atoms with Gasteiger partial charge in [-0.1, -0.05) is 32.0 Å². The van der Waals surface area contributed by atoms with Crippen molar-refractivity contribution in [2.45, 2.75) is 68.2 Å². The molecule has 0 saturated carbocycles. The number of aromatic nitrogens is 1. The summed E-state index contributed by atoms with van der Waals surface area (Å²) in [6.07, 6.45) is 1.97. The molecular formula is C25H31BN2. The van der Waals surface area contributed by atoms with Crippen molar-refractivity contribution in [3.63, 3.8) is 0 Å². The first-order valence-electron chi connectivity index (χ1n) is 10.3. The van der Waals surface area contributed by atoms with Crippen molar-refractivity contribution in [3.8, 4) is 0 Å². The van der Waals surface area contributed by atoms with E-state index in [1.165, 1.54) is 44.5 Å². The maximum Gasteiger partial charge on any atom is 0.234 e. The lowest BCUT2D eigenvalue weighted by molar-refractivity contribution is 1.05. The number of aliphatic imine (C=N–C) groups is 1. The number of allylic oxidation sites excluding steroid dienone is 2. The zero-order chi connectivity index (χ0) is 20.7. The monoisotopic (exact) mass is 370 g/mol. The Kier molecular flexibility index (Phi) is 5.56. The largest absolute Gasteiger partial charge is 0.400 e. The fourth-order valence-electron chi connectivity index (χ4n) is 4.79. The summed E-state index contributed by atoms with van der Waals surface area (Å²) in [4.78, 5) is 5.06. The van der Waals surface area contributed by atoms with Crippen LogP contribution in [-0.2, 0) is 6.42 Å². The van der Waals surface area contributed by atoms with Crippen LogP contribution in [0, 0.1) is 27.7 Å². The van der Waals surface area contributed by atoms with Crippen molar-refractivity contribution < 1.29 is 0 Å². The van der Waals surface area contributed by atoms with E-state index in [2.05, 4.69) is 73.6 Å². The molecule has 0 aliphatic carbocycles. The summed E-state index contributed by atoms with van der Waals surface area (Å²) in [6, 6.07) is 6.48. The summed E-state index contributed by atoms with van der Waals surface area (Å²) in [5, 5.41) is 0. The molecule has 2 radical (unpaired) electrons. The predicted molar refractivity (Wildman–Crippen MR) is 122 cm³/mol. The number of nitrogens with zero attached hydrogens (tertiary/aromatic N) is 2. The van der Waals surface area contributed by atoms with Crippen molar-refractivity contribution >= 4 is 19.3 Å². The average molecular weight is 370 g/mol. The third-order valence-corrected chi connectivity index (χ3v) is 6.28. The molecule has 0 N–H and O–H groups in total. The molecule has 2 heterocycles. The van der Waals surface area contributed by atoms with Gasteiger partial charge in [0.1, 0.15) is 0 Å². The van der Waals surface area contributed by atoms with Gasteiger partial charge in [0.15, 0.2) is 0 Å². The van der Waals surface area contributed by atoms with Crippen LogP contribution in [0.1, 0.15) is 73.3 Å². The van der Waals surface area contributed by atoms with Crippen molar-refractivity contribution in [1.29, 1.82) is 0 Å². The fraction of sp³-hybridized carbons (Fsp3) is 0.400. The highest BCUT2D eigenvalue weighted by molar-refractivity contribution is 6.11. The van der Waals surface area contributed by atoms with Crippen molar-refractivity contribution in [2.24, 2.45) is 4.99 Å². The Hall–Kier alpha value is -2.29. The van der Waals surface area contributed by atoms with Crippen LogP contribution >= 0.6 is 0 Å². The van der Waals surface area contributed by atoms with Gasteiger partial charge in [0.05, 0.1) is 5.70 Å². The van der Waals surface area contributed by atoms with Crippen molar-refractivity contribution in [1.82, 2.24) is 4.48 Å². The highest BCUT2D eigenvalue weighted by Crippen LogP contribution is 2.41. The SMILES string of the molecule is [B]n1c(C)c(CC)c(C)c1/C(=C1\N=C(C)C(CC)=C1C)c1c(C)cccc1C. The van der Waals surface area contributed by atoms with E-state index in [0.717, 1.165) is 35.6 Å². The van der Waals surface area contributed by atoms with E-state index >= 15 is 0 Å². The highest BCUT2D eigenvalue weighted by atomic mass is 14.9. The van der Waals surface area contributed by atoms with Crippen molar-refractivity contribution in [2.75, 3.05) is 0 Å². The highest BCUT2D eigenvalue weighted by Gasteiger charge is 2.27. The van der Waals surface area contributed by atoms with E-state index in [1.54, 1.807) is 0 Å². The summed E-state index contributed by atoms with van der Waals surface area (Å²) >= 11 is 0. The topological polar surface area (TPSA) is 17.3 Å². The van der Waals surface area contributed by atoms with Crippen LogP contribution in [0.3, 0.4) is 0 Å². The molecule has 0 spiro atoms. The molecule has 0 atom stereocenters. The Labute approximate surface area is 171 Å². The van der Waals surface area contributed by atoms with Crippen LogP contribution in [0.15, 0.2) is 40.0 Å². The zero-order valence-corrected chi connectivity index (χ0v) is 18.6. The third kappa shape index (κ3) is 3.01. The minimum atomic E-state index is 0.974. The van der Waals surface area contributed by atoms with E-state index in [-0.39, 0.29) is 0 Å². The van der Waals surface area contributed by atoms with Gasteiger partial charge >= 0.3 is 0 Å². The molecule has 2 aromatic rings. The molecule has 28 heavy (non-hydrogen) atoms. The van der Waals surface area contributed by atoms with Crippen LogP contribution in [0.4, 0.5) is 0 Å². The smallest absolute Gasteiger partial charge is 0.234 e. The lowest BCUT2D eigenvalue weighted by atomic mass is 9.88. The minimum Gasteiger partial charge on any atom is -0.400 e. The number of hydrogen-bond donors (Lipinski definition) is 0. The van der Waals surface area contributed by atoms with E-state index in [4.69, 9.17) is 13.0 Å². The molecule has 144 valence electrons. The Morgan fingerprint density at radius 2 is 1.57 bits per heavy atom. The van der Waals surface area contributed by atoms with Gasteiger partial charge in [-0.2, -0.15) is 0 Å². The summed E-state index contributed by atoms with van der Waals surface area (Å²) in [7, 11) is 6.65. The van der Waals surface area contributed by atoms with Crippen LogP contribution in [0.5, 0.6) is 0 Å². The van der Waals surface area contributed by atoms with Crippen LogP contribution < -0.4 is 0 Å². The molecular weight excluding hydrogens is 339 g/mol. The Morgan fingerprint density at radius 1 is 0.964 bits per heavy atom. The quantitative estimate of drug-likeness (QED) is 0.572. The van der Waals surface area contributed by atoms with E-state index < -0.39 is 0 Å². The summed E-state index contributed by atoms with van der Waals surface area (Å²) < 4.78 is 1.88. The van der Waals surface area contributed by atoms with Crippen molar-refractivity contribution in [3.05, 3.63) is 74.2 Å². The maximum absolute atomic E-state index is 6.65. The third-order valence-electron chi connectivity index (χ3n) is 6.28. The zero-order valence-electron chi connectivity index (χ0n) is 18.6. The molecule has 1 aromatic heterocycles. The first-order valence-corrected chi connectivity index (χ1v) is 10.3. The van der Waals surface area contributed by atoms with E-state index in [0.29, 0.717) is 0 Å². The first kappa shape index (κ1) is 20.4. The summed E-state index contributed by atoms with van der Waals surface area (Å²) in [5.41, 5.74) is 14.6. The van der Waals surface area contributed by atoms with Gasteiger partial charge in [0.2, 0.25) is 7.98 Å². The molecule has 1 aliphatic heterocycles. The second-order valence-corrected chi connectivity index (χ2v) is 7.91. The lowest BCUT2D eigenvalue weighted by Gasteiger charge is -2.19. The Bertz CT molecular complexity index is 1020. The molecule has 3 rings (SSSR count). The Balaban J connectivity index is 2.51. The second kappa shape index (κ2) is 7.62. The van der Waals surface area contributed by atoms with Gasteiger partial charge in [-0.15, -0.1) is 0 Å². The van der Waals surface area contributed by atoms with Gasteiger partial charge in [-0.3, -0.25) is 4.99 Å². The van der Waals surface area contributed by atoms with Crippen LogP contribution in [-0.4, -0.2) is 18.2 Å². The first-order chi connectivity index (χ1) is 13.2. The van der Waals surface area contributed by atoms with Gasteiger partial charge in [-0.05, 0) is 93.3 Å². The van der Waals surface area contributed by atoms with Gasteiger partial charge < -0.3 is 4.48 Å². The molecule has 0 bridgehead atoms. The van der Waals surface area contributed by atoms with Gasteiger partial charge in [-0.25, -0.2) is 0 Å². The van der Waals surface area contributed by atoms with Gasteiger partial charge in [0, 0.05) is 22.7 Å². The number of benzene rings is 1. The van der Waals surface area contributed by atoms with E-state index in [9.17, 15) is 0 Å². The molecule has 1 aliphatic rings. The lowest BCUT2D eigenvalue weighted by Crippen LogP contribution is -2.07. The molecule has 2 nitrogen and oxygen atoms in total. The number of hydrogen-bond acceptors (Lipinski definition) is 1. The van der Waals surface area contributed by atoms with Crippen LogP contribution in [0.2, 0.25) is 0 Å². The molecule has 0 saturated heterocycles. The molecule has 3 heteroatoms. The predicted octanol–water partition coefficient (Wildman–Crippen LogP) is 6.18. The molecule has 0 fully saturated rings. The second-order valence-electron chi connectivity index (χ2n) is 7.91. The molecule has 1 aromatic carbocycles. The molecule has 0 amide bonds. The molecule has 0 unspecified atom stereocenters. The minimum absolute atomic E-state index is 0.974. The summed E-state index contributed by atoms with van der Waals surface area (Å²) in [5.74, 6) is 0. The maximum atomic E-state index is 6.65.